The Morgan fingerprint density at radius 3 is 2.70 bits per heavy atom. The first-order valence-corrected chi connectivity index (χ1v) is 7.97. The van der Waals surface area contributed by atoms with E-state index in [0.717, 1.165) is 10.5 Å². The molecule has 1 heterocycles. The molecule has 108 valence electrons. The van der Waals surface area contributed by atoms with E-state index in [1.807, 2.05) is 6.92 Å². The van der Waals surface area contributed by atoms with Crippen LogP contribution in [0.4, 0.5) is 0 Å². The zero-order valence-electron chi connectivity index (χ0n) is 11.2. The van der Waals surface area contributed by atoms with Gasteiger partial charge in [-0.1, -0.05) is 18.5 Å². The fraction of sp³-hybridized carbons (Fsp3) is 0.308. The van der Waals surface area contributed by atoms with Crippen molar-refractivity contribution in [3.05, 3.63) is 41.2 Å². The Bertz CT molecular complexity index is 710. The predicted molar refractivity (Wildman–Crippen MR) is 76.8 cm³/mol. The van der Waals surface area contributed by atoms with Crippen molar-refractivity contribution in [2.75, 3.05) is 6.61 Å². The van der Waals surface area contributed by atoms with Gasteiger partial charge in [0, 0.05) is 12.3 Å². The van der Waals surface area contributed by atoms with Crippen LogP contribution in [0.2, 0.25) is 5.02 Å². The van der Waals surface area contributed by atoms with E-state index in [0.29, 0.717) is 23.1 Å². The predicted octanol–water partition coefficient (Wildman–Crippen LogP) is 2.87. The maximum absolute atomic E-state index is 12.4. The molecule has 2 aromatic rings. The number of aryl methyl sites for hydroxylation is 1. The molecule has 0 fully saturated rings. The van der Waals surface area contributed by atoms with Crippen LogP contribution >= 0.6 is 11.6 Å². The Balaban J connectivity index is 2.42. The average Bonchev–Trinajstić information content (AvgIpc) is 2.85. The van der Waals surface area contributed by atoms with Crippen LogP contribution in [-0.2, 0) is 10.0 Å². The third-order valence-corrected chi connectivity index (χ3v) is 4.47. The van der Waals surface area contributed by atoms with Crippen molar-refractivity contribution in [2.45, 2.75) is 25.2 Å². The second-order valence-corrected chi connectivity index (χ2v) is 6.48. The van der Waals surface area contributed by atoms with E-state index in [9.17, 15) is 8.42 Å². The normalized spacial score (nSPS) is 11.6. The van der Waals surface area contributed by atoms with E-state index >= 15 is 0 Å². The van der Waals surface area contributed by atoms with Crippen LogP contribution in [0.3, 0.4) is 0 Å². The summed E-state index contributed by atoms with van der Waals surface area (Å²) in [6.07, 6.45) is 2.22. The largest absolute Gasteiger partial charge is 0.492 e. The van der Waals surface area contributed by atoms with Crippen LogP contribution in [0.15, 0.2) is 35.4 Å². The van der Waals surface area contributed by atoms with Crippen LogP contribution in [0, 0.1) is 6.92 Å². The van der Waals surface area contributed by atoms with E-state index in [1.54, 1.807) is 13.0 Å². The molecule has 0 spiro atoms. The molecule has 20 heavy (non-hydrogen) atoms. The molecule has 1 aromatic carbocycles. The Labute approximate surface area is 123 Å². The summed E-state index contributed by atoms with van der Waals surface area (Å²) < 4.78 is 31.1. The van der Waals surface area contributed by atoms with Gasteiger partial charge in [0.15, 0.2) is 0 Å². The average molecular weight is 315 g/mol. The van der Waals surface area contributed by atoms with Crippen molar-refractivity contribution >= 4 is 21.6 Å². The van der Waals surface area contributed by atoms with E-state index < -0.39 is 10.0 Å². The summed E-state index contributed by atoms with van der Waals surface area (Å²) in [4.78, 5) is 0.0936. The maximum atomic E-state index is 12.4. The number of hydrogen-bond acceptors (Lipinski definition) is 4. The van der Waals surface area contributed by atoms with Gasteiger partial charge in [0.2, 0.25) is 0 Å². The molecule has 0 bridgehead atoms. The number of rotatable bonds is 5. The minimum atomic E-state index is -3.72. The van der Waals surface area contributed by atoms with Gasteiger partial charge in [0.1, 0.15) is 5.75 Å². The Morgan fingerprint density at radius 1 is 1.35 bits per heavy atom. The molecule has 5 nitrogen and oxygen atoms in total. The van der Waals surface area contributed by atoms with Gasteiger partial charge in [0.05, 0.1) is 22.2 Å². The molecule has 0 amide bonds. The SMILES string of the molecule is CCCOc1cc(S(=O)(=O)n2ccc(C)n2)ccc1Cl. The lowest BCUT2D eigenvalue weighted by atomic mass is 10.3. The summed E-state index contributed by atoms with van der Waals surface area (Å²) in [5.41, 5.74) is 0.630. The zero-order valence-corrected chi connectivity index (χ0v) is 12.8. The van der Waals surface area contributed by atoms with Gasteiger partial charge in [0.25, 0.3) is 10.0 Å². The second-order valence-electron chi connectivity index (χ2n) is 4.28. The molecule has 0 unspecified atom stereocenters. The van der Waals surface area contributed by atoms with Gasteiger partial charge in [-0.2, -0.15) is 17.6 Å². The quantitative estimate of drug-likeness (QED) is 0.851. The molecule has 0 N–H and O–H groups in total. The van der Waals surface area contributed by atoms with Crippen LogP contribution in [0.25, 0.3) is 0 Å². The molecule has 1 aromatic heterocycles. The summed E-state index contributed by atoms with van der Waals surface area (Å²) in [6.45, 7) is 4.16. The van der Waals surface area contributed by atoms with Crippen molar-refractivity contribution < 1.29 is 13.2 Å². The van der Waals surface area contributed by atoms with E-state index in [1.165, 1.54) is 24.4 Å². The Hall–Kier alpha value is -1.53. The number of halogens is 1. The number of hydrogen-bond donors (Lipinski definition) is 0. The molecule has 0 aliphatic rings. The fourth-order valence-corrected chi connectivity index (χ4v) is 2.94. The highest BCUT2D eigenvalue weighted by Gasteiger charge is 2.19. The topological polar surface area (TPSA) is 61.2 Å². The van der Waals surface area contributed by atoms with Gasteiger partial charge < -0.3 is 4.74 Å². The van der Waals surface area contributed by atoms with E-state index in [-0.39, 0.29) is 4.90 Å². The van der Waals surface area contributed by atoms with Crippen molar-refractivity contribution in [1.29, 1.82) is 0 Å². The van der Waals surface area contributed by atoms with Crippen LogP contribution < -0.4 is 4.74 Å². The lowest BCUT2D eigenvalue weighted by molar-refractivity contribution is 0.317. The standard InChI is InChI=1S/C13H15ClN2O3S/c1-3-8-19-13-9-11(4-5-12(13)14)20(17,18)16-7-6-10(2)15-16/h4-7,9H,3,8H2,1-2H3. The van der Waals surface area contributed by atoms with Gasteiger partial charge in [-0.3, -0.25) is 0 Å². The third-order valence-electron chi connectivity index (χ3n) is 2.61. The minimum Gasteiger partial charge on any atom is -0.492 e. The van der Waals surface area contributed by atoms with Crippen molar-refractivity contribution in [3.8, 4) is 5.75 Å². The van der Waals surface area contributed by atoms with Crippen LogP contribution in [0.1, 0.15) is 19.0 Å². The number of benzene rings is 1. The Kier molecular flexibility index (Phi) is 4.35. The summed E-state index contributed by atoms with van der Waals surface area (Å²) in [6, 6.07) is 6.00. The van der Waals surface area contributed by atoms with E-state index in [4.69, 9.17) is 16.3 Å². The Morgan fingerprint density at radius 2 is 2.10 bits per heavy atom. The highest BCUT2D eigenvalue weighted by Crippen LogP contribution is 2.28. The molecule has 2 rings (SSSR count). The minimum absolute atomic E-state index is 0.0936. The third kappa shape index (κ3) is 2.96. The van der Waals surface area contributed by atoms with Crippen LogP contribution in [-0.4, -0.2) is 24.2 Å². The molecule has 0 atom stereocenters. The summed E-state index contributed by atoms with van der Waals surface area (Å²) in [5, 5.41) is 4.31. The van der Waals surface area contributed by atoms with Crippen LogP contribution in [0.5, 0.6) is 5.75 Å². The summed E-state index contributed by atoms with van der Waals surface area (Å²) in [5.74, 6) is 0.360. The van der Waals surface area contributed by atoms with Gasteiger partial charge in [-0.25, -0.2) is 0 Å². The van der Waals surface area contributed by atoms with E-state index in [2.05, 4.69) is 5.10 Å². The number of nitrogens with zero attached hydrogens (tertiary/aromatic N) is 2. The molecule has 0 saturated heterocycles. The lowest BCUT2D eigenvalue weighted by Crippen LogP contribution is -2.14. The number of aromatic nitrogens is 2. The maximum Gasteiger partial charge on any atom is 0.283 e. The molecular formula is C13H15ClN2O3S. The highest BCUT2D eigenvalue weighted by atomic mass is 35.5. The van der Waals surface area contributed by atoms with Crippen molar-refractivity contribution in [1.82, 2.24) is 9.19 Å². The van der Waals surface area contributed by atoms with Crippen molar-refractivity contribution in [3.63, 3.8) is 0 Å². The monoisotopic (exact) mass is 314 g/mol. The second kappa shape index (κ2) is 5.85. The lowest BCUT2D eigenvalue weighted by Gasteiger charge is -2.09. The van der Waals surface area contributed by atoms with Gasteiger partial charge in [-0.05, 0) is 31.5 Å². The fourth-order valence-electron chi connectivity index (χ4n) is 1.60. The van der Waals surface area contributed by atoms with Gasteiger partial charge in [-0.15, -0.1) is 0 Å². The summed E-state index contributed by atoms with van der Waals surface area (Å²) in [7, 11) is -3.72. The molecule has 0 saturated carbocycles. The first kappa shape index (κ1) is 14.9. The molecule has 0 aliphatic carbocycles. The molecule has 7 heteroatoms. The molecular weight excluding hydrogens is 300 g/mol. The smallest absolute Gasteiger partial charge is 0.283 e. The molecule has 0 aliphatic heterocycles. The molecule has 0 radical (unpaired) electrons. The number of ether oxygens (including phenoxy) is 1. The van der Waals surface area contributed by atoms with Gasteiger partial charge >= 0.3 is 0 Å². The summed E-state index contributed by atoms with van der Waals surface area (Å²) >= 11 is 5.99. The first-order chi connectivity index (χ1) is 9.45. The first-order valence-electron chi connectivity index (χ1n) is 6.15. The van der Waals surface area contributed by atoms with Crippen molar-refractivity contribution in [2.24, 2.45) is 0 Å². The zero-order chi connectivity index (χ0) is 14.8. The highest BCUT2D eigenvalue weighted by molar-refractivity contribution is 7.89.